The largest absolute Gasteiger partial charge is 0.399 e. The number of anilines is 2. The van der Waals surface area contributed by atoms with Crippen LogP contribution in [0.25, 0.3) is 0 Å². The van der Waals surface area contributed by atoms with Crippen molar-refractivity contribution in [1.82, 2.24) is 0 Å². The molecule has 0 saturated carbocycles. The zero-order valence-electron chi connectivity index (χ0n) is 11.0. The van der Waals surface area contributed by atoms with E-state index in [2.05, 4.69) is 4.90 Å². The van der Waals surface area contributed by atoms with E-state index in [9.17, 15) is 4.79 Å². The minimum absolute atomic E-state index is 0.103. The van der Waals surface area contributed by atoms with Crippen molar-refractivity contribution >= 4 is 17.2 Å². The van der Waals surface area contributed by atoms with Gasteiger partial charge in [0.25, 0.3) is 0 Å². The van der Waals surface area contributed by atoms with E-state index in [0.29, 0.717) is 17.8 Å². The molecule has 98 valence electrons. The highest BCUT2D eigenvalue weighted by Crippen LogP contribution is 2.14. The standard InChI is InChI=1S/C16H18N2O/c1-2-18(15-6-4-3-5-7-15)12-16(19)13-8-10-14(17)11-9-13/h3-11H,2,12,17H2,1H3. The molecule has 0 unspecified atom stereocenters. The number of hydrogen-bond donors (Lipinski definition) is 1. The molecular weight excluding hydrogens is 236 g/mol. The van der Waals surface area contributed by atoms with Crippen LogP contribution in [0.3, 0.4) is 0 Å². The van der Waals surface area contributed by atoms with Crippen molar-refractivity contribution in [3.8, 4) is 0 Å². The third-order valence-electron chi connectivity index (χ3n) is 3.07. The second-order valence-electron chi connectivity index (χ2n) is 4.39. The Hall–Kier alpha value is -2.29. The van der Waals surface area contributed by atoms with E-state index < -0.39 is 0 Å². The molecule has 0 heterocycles. The Morgan fingerprint density at radius 1 is 1.05 bits per heavy atom. The van der Waals surface area contributed by atoms with E-state index in [4.69, 9.17) is 5.73 Å². The summed E-state index contributed by atoms with van der Waals surface area (Å²) < 4.78 is 0. The van der Waals surface area contributed by atoms with Crippen molar-refractivity contribution in [2.45, 2.75) is 6.92 Å². The highest BCUT2D eigenvalue weighted by molar-refractivity contribution is 5.99. The van der Waals surface area contributed by atoms with Crippen LogP contribution in [0.4, 0.5) is 11.4 Å². The quantitative estimate of drug-likeness (QED) is 0.659. The zero-order chi connectivity index (χ0) is 13.7. The number of carbonyl (C=O) groups excluding carboxylic acids is 1. The highest BCUT2D eigenvalue weighted by Gasteiger charge is 2.11. The Balaban J connectivity index is 2.10. The maximum atomic E-state index is 12.2. The van der Waals surface area contributed by atoms with Crippen LogP contribution in [-0.2, 0) is 0 Å². The molecule has 3 heteroatoms. The van der Waals surface area contributed by atoms with Crippen LogP contribution in [0.15, 0.2) is 54.6 Å². The molecule has 0 spiro atoms. The predicted molar refractivity (Wildman–Crippen MR) is 79.5 cm³/mol. The molecule has 3 nitrogen and oxygen atoms in total. The Morgan fingerprint density at radius 2 is 1.68 bits per heavy atom. The number of ketones is 1. The third kappa shape index (κ3) is 3.35. The normalized spacial score (nSPS) is 10.2. The van der Waals surface area contributed by atoms with Gasteiger partial charge >= 0.3 is 0 Å². The number of hydrogen-bond acceptors (Lipinski definition) is 3. The molecule has 19 heavy (non-hydrogen) atoms. The molecule has 0 aliphatic heterocycles. The molecule has 2 aromatic carbocycles. The Bertz CT molecular complexity index is 534. The van der Waals surface area contributed by atoms with E-state index >= 15 is 0 Å². The number of Topliss-reactive ketones (excluding diaryl/α,β-unsaturated/α-hetero) is 1. The van der Waals surface area contributed by atoms with Crippen molar-refractivity contribution in [2.24, 2.45) is 0 Å². The smallest absolute Gasteiger partial charge is 0.182 e. The lowest BCUT2D eigenvalue weighted by atomic mass is 10.1. The van der Waals surface area contributed by atoms with Crippen molar-refractivity contribution in [1.29, 1.82) is 0 Å². The van der Waals surface area contributed by atoms with Crippen LogP contribution in [-0.4, -0.2) is 18.9 Å². The van der Waals surface area contributed by atoms with Crippen LogP contribution in [0.5, 0.6) is 0 Å². The molecular formula is C16H18N2O. The van der Waals surface area contributed by atoms with E-state index in [1.807, 2.05) is 37.3 Å². The fourth-order valence-corrected chi connectivity index (χ4v) is 1.96. The van der Waals surface area contributed by atoms with Gasteiger partial charge in [0.2, 0.25) is 0 Å². The molecule has 0 aliphatic carbocycles. The maximum absolute atomic E-state index is 12.2. The molecule has 0 bridgehead atoms. The van der Waals surface area contributed by atoms with Gasteiger partial charge in [0.05, 0.1) is 6.54 Å². The number of rotatable bonds is 5. The SMILES string of the molecule is CCN(CC(=O)c1ccc(N)cc1)c1ccccc1. The second-order valence-corrected chi connectivity index (χ2v) is 4.39. The van der Waals surface area contributed by atoms with E-state index in [0.717, 1.165) is 12.2 Å². The summed E-state index contributed by atoms with van der Waals surface area (Å²) in [6.45, 7) is 3.22. The molecule has 0 aliphatic rings. The minimum atomic E-state index is 0.103. The van der Waals surface area contributed by atoms with Gasteiger partial charge in [-0.25, -0.2) is 0 Å². The summed E-state index contributed by atoms with van der Waals surface area (Å²) in [6.07, 6.45) is 0. The molecule has 0 amide bonds. The fourth-order valence-electron chi connectivity index (χ4n) is 1.96. The third-order valence-corrected chi connectivity index (χ3v) is 3.07. The first-order valence-electron chi connectivity index (χ1n) is 6.39. The monoisotopic (exact) mass is 254 g/mol. The number of nitrogen functional groups attached to an aromatic ring is 1. The Kier molecular flexibility index (Phi) is 4.18. The van der Waals surface area contributed by atoms with Gasteiger partial charge in [0, 0.05) is 23.5 Å². The number of benzene rings is 2. The van der Waals surface area contributed by atoms with Gasteiger partial charge in [-0.3, -0.25) is 4.79 Å². The van der Waals surface area contributed by atoms with Crippen molar-refractivity contribution in [3.63, 3.8) is 0 Å². The van der Waals surface area contributed by atoms with E-state index in [1.54, 1.807) is 24.3 Å². The molecule has 2 N–H and O–H groups in total. The Labute approximate surface area is 113 Å². The van der Waals surface area contributed by atoms with Crippen LogP contribution < -0.4 is 10.6 Å². The number of nitrogens with two attached hydrogens (primary N) is 1. The fraction of sp³-hybridized carbons (Fsp3) is 0.188. The molecule has 0 saturated heterocycles. The average molecular weight is 254 g/mol. The highest BCUT2D eigenvalue weighted by atomic mass is 16.1. The topological polar surface area (TPSA) is 46.3 Å². The second kappa shape index (κ2) is 6.05. The van der Waals surface area contributed by atoms with E-state index in [-0.39, 0.29) is 5.78 Å². The number of nitrogens with zero attached hydrogens (tertiary/aromatic N) is 1. The maximum Gasteiger partial charge on any atom is 0.182 e. The first-order valence-corrected chi connectivity index (χ1v) is 6.39. The summed E-state index contributed by atoms with van der Waals surface area (Å²) in [5, 5.41) is 0. The summed E-state index contributed by atoms with van der Waals surface area (Å²) in [4.78, 5) is 14.3. The average Bonchev–Trinajstić information content (AvgIpc) is 2.46. The van der Waals surface area contributed by atoms with Crippen molar-refractivity contribution in [3.05, 3.63) is 60.2 Å². The first kappa shape index (κ1) is 13.1. The van der Waals surface area contributed by atoms with Gasteiger partial charge in [-0.05, 0) is 43.3 Å². The van der Waals surface area contributed by atoms with Crippen molar-refractivity contribution in [2.75, 3.05) is 23.7 Å². The summed E-state index contributed by atoms with van der Waals surface area (Å²) in [7, 11) is 0. The van der Waals surface area contributed by atoms with Crippen LogP contribution >= 0.6 is 0 Å². The molecule has 2 rings (SSSR count). The Morgan fingerprint density at radius 3 is 2.26 bits per heavy atom. The first-order chi connectivity index (χ1) is 9.20. The lowest BCUT2D eigenvalue weighted by Crippen LogP contribution is -2.29. The minimum Gasteiger partial charge on any atom is -0.399 e. The van der Waals surface area contributed by atoms with E-state index in [1.165, 1.54) is 0 Å². The zero-order valence-corrected chi connectivity index (χ0v) is 11.0. The number of para-hydroxylation sites is 1. The number of carbonyl (C=O) groups is 1. The molecule has 0 radical (unpaired) electrons. The lowest BCUT2D eigenvalue weighted by Gasteiger charge is -2.22. The summed E-state index contributed by atoms with van der Waals surface area (Å²) in [5.74, 6) is 0.103. The van der Waals surface area contributed by atoms with Gasteiger partial charge in [-0.2, -0.15) is 0 Å². The van der Waals surface area contributed by atoms with Crippen LogP contribution in [0, 0.1) is 0 Å². The van der Waals surface area contributed by atoms with Gasteiger partial charge in [-0.1, -0.05) is 18.2 Å². The van der Waals surface area contributed by atoms with Crippen LogP contribution in [0.1, 0.15) is 17.3 Å². The van der Waals surface area contributed by atoms with Crippen molar-refractivity contribution < 1.29 is 4.79 Å². The summed E-state index contributed by atoms with van der Waals surface area (Å²) in [6, 6.07) is 17.0. The van der Waals surface area contributed by atoms with Gasteiger partial charge in [0.1, 0.15) is 0 Å². The van der Waals surface area contributed by atoms with Crippen LogP contribution in [0.2, 0.25) is 0 Å². The lowest BCUT2D eigenvalue weighted by molar-refractivity contribution is 0.0999. The molecule has 2 aromatic rings. The molecule has 0 aromatic heterocycles. The summed E-state index contributed by atoms with van der Waals surface area (Å²) >= 11 is 0. The van der Waals surface area contributed by atoms with Gasteiger partial charge < -0.3 is 10.6 Å². The summed E-state index contributed by atoms with van der Waals surface area (Å²) in [5.41, 5.74) is 8.06. The van der Waals surface area contributed by atoms with Gasteiger partial charge in [0.15, 0.2) is 5.78 Å². The molecule has 0 atom stereocenters. The number of likely N-dealkylation sites (N-methyl/N-ethyl adjacent to an activating group) is 1. The molecule has 0 fully saturated rings. The predicted octanol–water partition coefficient (Wildman–Crippen LogP) is 2.98. The van der Waals surface area contributed by atoms with Gasteiger partial charge in [-0.15, -0.1) is 0 Å².